The number of carbonyl (C=O) groups is 2. The fourth-order valence-electron chi connectivity index (χ4n) is 3.21. The summed E-state index contributed by atoms with van der Waals surface area (Å²) in [5.74, 6) is -0.928. The molecule has 3 rings (SSSR count). The van der Waals surface area contributed by atoms with Crippen molar-refractivity contribution in [3.8, 4) is 0 Å². The highest BCUT2D eigenvalue weighted by Gasteiger charge is 2.34. The lowest BCUT2D eigenvalue weighted by Gasteiger charge is -2.31. The third kappa shape index (κ3) is 4.60. The zero-order valence-corrected chi connectivity index (χ0v) is 17.4. The van der Waals surface area contributed by atoms with Crippen LogP contribution in [0, 0.1) is 12.8 Å². The number of amides is 2. The van der Waals surface area contributed by atoms with Gasteiger partial charge in [-0.15, -0.1) is 11.3 Å². The van der Waals surface area contributed by atoms with Crippen molar-refractivity contribution in [3.05, 3.63) is 41.3 Å². The van der Waals surface area contributed by atoms with Crippen LogP contribution >= 0.6 is 11.3 Å². The zero-order valence-electron chi connectivity index (χ0n) is 15.8. The molecule has 7 nitrogen and oxygen atoms in total. The summed E-state index contributed by atoms with van der Waals surface area (Å²) in [5, 5.41) is 7.29. The molecule has 2 N–H and O–H groups in total. The molecule has 1 unspecified atom stereocenters. The maximum absolute atomic E-state index is 12.8. The SMILES string of the molecule is CC(=O)Nc1ccc(C)cc1NC(=O)C1CCCN(S(=O)(=O)c2cccs2)C1. The van der Waals surface area contributed by atoms with Gasteiger partial charge in [0.25, 0.3) is 10.0 Å². The Labute approximate surface area is 168 Å². The molecule has 9 heteroatoms. The number of nitrogens with one attached hydrogen (secondary N) is 2. The second kappa shape index (κ2) is 8.42. The van der Waals surface area contributed by atoms with Crippen LogP contribution in [0.5, 0.6) is 0 Å². The van der Waals surface area contributed by atoms with E-state index in [1.807, 2.05) is 13.0 Å². The minimum Gasteiger partial charge on any atom is -0.325 e. The van der Waals surface area contributed by atoms with Gasteiger partial charge in [0.1, 0.15) is 4.21 Å². The van der Waals surface area contributed by atoms with Crippen molar-refractivity contribution in [1.82, 2.24) is 4.31 Å². The lowest BCUT2D eigenvalue weighted by molar-refractivity contribution is -0.121. The van der Waals surface area contributed by atoms with Crippen LogP contribution in [-0.4, -0.2) is 37.6 Å². The topological polar surface area (TPSA) is 95.6 Å². The highest BCUT2D eigenvalue weighted by molar-refractivity contribution is 7.91. The Bertz CT molecular complexity index is 971. The van der Waals surface area contributed by atoms with Gasteiger partial charge in [-0.25, -0.2) is 8.42 Å². The molecule has 1 aromatic carbocycles. The molecule has 150 valence electrons. The first-order valence-corrected chi connectivity index (χ1v) is 11.3. The first-order valence-electron chi connectivity index (χ1n) is 9.00. The molecule has 0 bridgehead atoms. The molecule has 2 heterocycles. The van der Waals surface area contributed by atoms with Gasteiger partial charge in [-0.3, -0.25) is 9.59 Å². The first kappa shape index (κ1) is 20.5. The van der Waals surface area contributed by atoms with Gasteiger partial charge in [0.2, 0.25) is 11.8 Å². The maximum atomic E-state index is 12.8. The number of carbonyl (C=O) groups excluding carboxylic acids is 2. The second-order valence-corrected chi connectivity index (χ2v) is 9.97. The van der Waals surface area contributed by atoms with Crippen molar-refractivity contribution < 1.29 is 18.0 Å². The smallest absolute Gasteiger partial charge is 0.252 e. The number of anilines is 2. The summed E-state index contributed by atoms with van der Waals surface area (Å²) in [4.78, 5) is 24.2. The highest BCUT2D eigenvalue weighted by Crippen LogP contribution is 2.28. The number of aryl methyl sites for hydroxylation is 1. The molecule has 0 aliphatic carbocycles. The molecule has 28 heavy (non-hydrogen) atoms. The minimum absolute atomic E-state index is 0.146. The van der Waals surface area contributed by atoms with Crippen LogP contribution in [0.25, 0.3) is 0 Å². The van der Waals surface area contributed by atoms with E-state index in [2.05, 4.69) is 10.6 Å². The summed E-state index contributed by atoms with van der Waals surface area (Å²) >= 11 is 1.17. The average molecular weight is 422 g/mol. The van der Waals surface area contributed by atoms with Gasteiger partial charge in [0.15, 0.2) is 0 Å². The number of nitrogens with zero attached hydrogens (tertiary/aromatic N) is 1. The molecular weight excluding hydrogens is 398 g/mol. The molecule has 2 aromatic rings. The molecule has 1 saturated heterocycles. The van der Waals surface area contributed by atoms with E-state index >= 15 is 0 Å². The summed E-state index contributed by atoms with van der Waals surface area (Å²) in [5.41, 5.74) is 1.97. The predicted molar refractivity (Wildman–Crippen MR) is 110 cm³/mol. The lowest BCUT2D eigenvalue weighted by atomic mass is 9.98. The van der Waals surface area contributed by atoms with Gasteiger partial charge in [-0.1, -0.05) is 12.1 Å². The van der Waals surface area contributed by atoms with Gasteiger partial charge >= 0.3 is 0 Å². The third-order valence-electron chi connectivity index (χ3n) is 4.59. The molecule has 1 aliphatic heterocycles. The van der Waals surface area contributed by atoms with E-state index in [1.165, 1.54) is 22.6 Å². The predicted octanol–water partition coefficient (Wildman–Crippen LogP) is 3.05. The molecule has 1 atom stereocenters. The quantitative estimate of drug-likeness (QED) is 0.776. The van der Waals surface area contributed by atoms with Crippen LogP contribution in [-0.2, 0) is 19.6 Å². The van der Waals surface area contributed by atoms with E-state index in [-0.39, 0.29) is 18.4 Å². The Hall–Kier alpha value is -2.23. The van der Waals surface area contributed by atoms with Crippen LogP contribution in [0.2, 0.25) is 0 Å². The van der Waals surface area contributed by atoms with Gasteiger partial charge in [-0.05, 0) is 48.9 Å². The number of sulfonamides is 1. The van der Waals surface area contributed by atoms with Crippen molar-refractivity contribution in [2.24, 2.45) is 5.92 Å². The third-order valence-corrected chi connectivity index (χ3v) is 7.83. The first-order chi connectivity index (χ1) is 13.3. The summed E-state index contributed by atoms with van der Waals surface area (Å²) < 4.78 is 27.2. The van der Waals surface area contributed by atoms with E-state index in [9.17, 15) is 18.0 Å². The van der Waals surface area contributed by atoms with Gasteiger partial charge < -0.3 is 10.6 Å². The maximum Gasteiger partial charge on any atom is 0.252 e. The Morgan fingerprint density at radius 1 is 1.18 bits per heavy atom. The molecule has 1 aliphatic rings. The molecule has 0 saturated carbocycles. The number of thiophene rings is 1. The summed E-state index contributed by atoms with van der Waals surface area (Å²) in [7, 11) is -3.57. The second-order valence-electron chi connectivity index (χ2n) is 6.85. The van der Waals surface area contributed by atoms with Crippen molar-refractivity contribution >= 4 is 44.5 Å². The van der Waals surface area contributed by atoms with Crippen LogP contribution < -0.4 is 10.6 Å². The number of piperidine rings is 1. The Kier molecular flexibility index (Phi) is 6.17. The highest BCUT2D eigenvalue weighted by atomic mass is 32.2. The van der Waals surface area contributed by atoms with E-state index in [4.69, 9.17) is 0 Å². The fraction of sp³-hybridized carbons (Fsp3) is 0.368. The van der Waals surface area contributed by atoms with Crippen LogP contribution in [0.4, 0.5) is 11.4 Å². The van der Waals surface area contributed by atoms with Crippen molar-refractivity contribution in [2.45, 2.75) is 30.9 Å². The monoisotopic (exact) mass is 421 g/mol. The van der Waals surface area contributed by atoms with Gasteiger partial charge in [-0.2, -0.15) is 4.31 Å². The molecule has 2 amide bonds. The van der Waals surface area contributed by atoms with Crippen LogP contribution in [0.1, 0.15) is 25.3 Å². The van der Waals surface area contributed by atoms with Gasteiger partial charge in [0.05, 0.1) is 17.3 Å². The number of hydrogen-bond donors (Lipinski definition) is 2. The van der Waals surface area contributed by atoms with E-state index in [0.717, 1.165) is 5.56 Å². The van der Waals surface area contributed by atoms with E-state index < -0.39 is 15.9 Å². The van der Waals surface area contributed by atoms with Crippen molar-refractivity contribution in [3.63, 3.8) is 0 Å². The standard InChI is InChI=1S/C19H23N3O4S2/c1-13-7-8-16(20-14(2)23)17(11-13)21-19(24)15-5-3-9-22(12-15)28(25,26)18-6-4-10-27-18/h4,6-8,10-11,15H,3,5,9,12H2,1-2H3,(H,20,23)(H,21,24). The minimum atomic E-state index is -3.57. The Morgan fingerprint density at radius 2 is 1.96 bits per heavy atom. The summed E-state index contributed by atoms with van der Waals surface area (Å²) in [6.45, 7) is 3.85. The van der Waals surface area contributed by atoms with Crippen LogP contribution in [0.15, 0.2) is 39.9 Å². The van der Waals surface area contributed by atoms with Crippen LogP contribution in [0.3, 0.4) is 0 Å². The molecule has 1 fully saturated rings. The van der Waals surface area contributed by atoms with E-state index in [0.29, 0.717) is 35.0 Å². The van der Waals surface area contributed by atoms with E-state index in [1.54, 1.807) is 29.6 Å². The van der Waals surface area contributed by atoms with Crippen molar-refractivity contribution in [1.29, 1.82) is 0 Å². The summed E-state index contributed by atoms with van der Waals surface area (Å²) in [6.07, 6.45) is 1.23. The Balaban J connectivity index is 1.75. The fourth-order valence-corrected chi connectivity index (χ4v) is 5.88. The number of rotatable bonds is 5. The molecule has 0 spiro atoms. The molecule has 1 aromatic heterocycles. The Morgan fingerprint density at radius 3 is 2.64 bits per heavy atom. The normalized spacial score (nSPS) is 17.9. The molecule has 0 radical (unpaired) electrons. The number of benzene rings is 1. The molecular formula is C19H23N3O4S2. The average Bonchev–Trinajstić information content (AvgIpc) is 3.19. The van der Waals surface area contributed by atoms with Gasteiger partial charge in [0, 0.05) is 20.0 Å². The summed E-state index contributed by atoms with van der Waals surface area (Å²) in [6, 6.07) is 8.65. The van der Waals surface area contributed by atoms with Crippen molar-refractivity contribution in [2.75, 3.05) is 23.7 Å². The largest absolute Gasteiger partial charge is 0.325 e. The lowest BCUT2D eigenvalue weighted by Crippen LogP contribution is -2.43. The number of hydrogen-bond acceptors (Lipinski definition) is 5. The zero-order chi connectivity index (χ0) is 20.3.